The summed E-state index contributed by atoms with van der Waals surface area (Å²) in [7, 11) is 3.69. The van der Waals surface area contributed by atoms with Crippen LogP contribution in [0.5, 0.6) is 0 Å². The molecule has 0 amide bonds. The second kappa shape index (κ2) is 9.22. The van der Waals surface area contributed by atoms with Gasteiger partial charge in [-0.2, -0.15) is 0 Å². The summed E-state index contributed by atoms with van der Waals surface area (Å²) < 4.78 is 14.0. The van der Waals surface area contributed by atoms with E-state index < -0.39 is 11.2 Å². The quantitative estimate of drug-likeness (QED) is 0.277. The van der Waals surface area contributed by atoms with Crippen molar-refractivity contribution in [2.75, 3.05) is 14.2 Å². The lowest BCUT2D eigenvalue weighted by Crippen LogP contribution is -2.57. The van der Waals surface area contributed by atoms with E-state index in [1.807, 2.05) is 14.2 Å². The average Bonchev–Trinajstić information content (AvgIpc) is 2.91. The van der Waals surface area contributed by atoms with Crippen LogP contribution in [0.25, 0.3) is 11.1 Å². The number of hydrogen-bond donors (Lipinski definition) is 0. The molecule has 196 valence electrons. The Morgan fingerprint density at radius 1 is 0.421 bits per heavy atom. The smallest absolute Gasteiger partial charge is 0.156 e. The Bertz CT molecular complexity index is 1360. The van der Waals surface area contributed by atoms with E-state index >= 15 is 0 Å². The number of benzene rings is 4. The maximum absolute atomic E-state index is 6.99. The maximum Gasteiger partial charge on any atom is 0.156 e. The van der Waals surface area contributed by atoms with Crippen molar-refractivity contribution in [3.8, 4) is 11.1 Å². The zero-order chi connectivity index (χ0) is 27.3. The van der Waals surface area contributed by atoms with E-state index in [-0.39, 0.29) is 10.8 Å². The number of ether oxygens (including phenoxy) is 2. The predicted octanol–water partition coefficient (Wildman–Crippen LogP) is 8.74. The van der Waals surface area contributed by atoms with Gasteiger partial charge in [-0.3, -0.25) is 0 Å². The van der Waals surface area contributed by atoms with Crippen molar-refractivity contribution >= 4 is 0 Å². The molecule has 1 aliphatic rings. The van der Waals surface area contributed by atoms with E-state index in [1.54, 1.807) is 0 Å². The van der Waals surface area contributed by atoms with Crippen molar-refractivity contribution in [1.82, 2.24) is 0 Å². The zero-order valence-corrected chi connectivity index (χ0v) is 24.1. The Labute approximate surface area is 228 Å². The molecule has 2 unspecified atom stereocenters. The molecule has 0 aliphatic heterocycles. The third kappa shape index (κ3) is 3.61. The van der Waals surface area contributed by atoms with Crippen LogP contribution in [-0.2, 0) is 31.5 Å². The van der Waals surface area contributed by atoms with Crippen LogP contribution in [0.2, 0.25) is 0 Å². The van der Waals surface area contributed by atoms with Gasteiger partial charge in [0.15, 0.2) is 11.2 Å². The second-order valence-corrected chi connectivity index (χ2v) is 12.5. The topological polar surface area (TPSA) is 18.5 Å². The van der Waals surface area contributed by atoms with Gasteiger partial charge in [0.2, 0.25) is 0 Å². The summed E-state index contributed by atoms with van der Waals surface area (Å²) in [6.07, 6.45) is 0. The predicted molar refractivity (Wildman–Crippen MR) is 158 cm³/mol. The Morgan fingerprint density at radius 3 is 1.03 bits per heavy atom. The molecule has 0 bridgehead atoms. The molecule has 1 aliphatic carbocycles. The molecule has 0 fully saturated rings. The highest BCUT2D eigenvalue weighted by Crippen LogP contribution is 2.62. The molecule has 4 aromatic carbocycles. The van der Waals surface area contributed by atoms with Gasteiger partial charge in [0.1, 0.15) is 0 Å². The Morgan fingerprint density at radius 2 is 0.711 bits per heavy atom. The van der Waals surface area contributed by atoms with E-state index in [4.69, 9.17) is 9.47 Å². The van der Waals surface area contributed by atoms with Gasteiger partial charge in [0, 0.05) is 14.2 Å². The van der Waals surface area contributed by atoms with E-state index in [2.05, 4.69) is 139 Å². The van der Waals surface area contributed by atoms with E-state index in [1.165, 1.54) is 22.3 Å². The van der Waals surface area contributed by atoms with Crippen molar-refractivity contribution in [2.45, 2.75) is 63.6 Å². The molecule has 2 heteroatoms. The van der Waals surface area contributed by atoms with Gasteiger partial charge in [-0.1, -0.05) is 139 Å². The maximum atomic E-state index is 6.99. The molecule has 0 saturated heterocycles. The summed E-state index contributed by atoms with van der Waals surface area (Å²) in [4.78, 5) is 0. The fourth-order valence-corrected chi connectivity index (χ4v) is 6.71. The lowest BCUT2D eigenvalue weighted by atomic mass is 9.57. The fourth-order valence-electron chi connectivity index (χ4n) is 6.71. The number of rotatable bonds is 4. The molecule has 0 aromatic heterocycles. The Balaban J connectivity index is 2.08. The number of hydrogen-bond acceptors (Lipinski definition) is 2. The molecule has 0 spiro atoms. The summed E-state index contributed by atoms with van der Waals surface area (Å²) in [6, 6.07) is 34.9. The number of methoxy groups -OCH3 is 2. The van der Waals surface area contributed by atoms with Gasteiger partial charge in [-0.15, -0.1) is 0 Å². The highest BCUT2D eigenvalue weighted by atomic mass is 16.5. The molecule has 0 saturated carbocycles. The van der Waals surface area contributed by atoms with Gasteiger partial charge >= 0.3 is 0 Å². The van der Waals surface area contributed by atoms with Crippen molar-refractivity contribution in [3.63, 3.8) is 0 Å². The van der Waals surface area contributed by atoms with E-state index in [0.717, 1.165) is 22.3 Å². The number of fused-ring (bicyclic) bond motifs is 3. The summed E-state index contributed by atoms with van der Waals surface area (Å²) in [6.45, 7) is 13.6. The first-order valence-corrected chi connectivity index (χ1v) is 13.5. The van der Waals surface area contributed by atoms with Crippen molar-refractivity contribution in [1.29, 1.82) is 0 Å². The van der Waals surface area contributed by atoms with Crippen LogP contribution >= 0.6 is 0 Å². The first-order chi connectivity index (χ1) is 18.0. The van der Waals surface area contributed by atoms with Crippen LogP contribution in [0.15, 0.2) is 97.1 Å². The third-order valence-electron chi connectivity index (χ3n) is 8.24. The lowest BCUT2D eigenvalue weighted by molar-refractivity contribution is -0.156. The first kappa shape index (κ1) is 26.4. The molecule has 0 N–H and O–H groups in total. The van der Waals surface area contributed by atoms with Gasteiger partial charge in [-0.05, 0) is 55.3 Å². The van der Waals surface area contributed by atoms with Gasteiger partial charge < -0.3 is 9.47 Å². The van der Waals surface area contributed by atoms with Crippen LogP contribution in [0, 0.1) is 0 Å². The van der Waals surface area contributed by atoms with Crippen LogP contribution < -0.4 is 0 Å². The van der Waals surface area contributed by atoms with Crippen LogP contribution in [0.1, 0.15) is 74.9 Å². The summed E-state index contributed by atoms with van der Waals surface area (Å²) in [5, 5.41) is 0. The normalized spacial score (nSPS) is 21.1. The molecule has 0 heterocycles. The summed E-state index contributed by atoms with van der Waals surface area (Å²) >= 11 is 0. The van der Waals surface area contributed by atoms with Crippen molar-refractivity contribution in [2.24, 2.45) is 0 Å². The Kier molecular flexibility index (Phi) is 6.41. The van der Waals surface area contributed by atoms with E-state index in [0.29, 0.717) is 0 Å². The minimum absolute atomic E-state index is 0.114. The van der Waals surface area contributed by atoms with Crippen molar-refractivity contribution < 1.29 is 9.47 Å². The third-order valence-corrected chi connectivity index (χ3v) is 8.24. The van der Waals surface area contributed by atoms with Gasteiger partial charge in [0.25, 0.3) is 0 Å². The van der Waals surface area contributed by atoms with Crippen molar-refractivity contribution in [3.05, 3.63) is 130 Å². The zero-order valence-electron chi connectivity index (χ0n) is 24.1. The highest BCUT2D eigenvalue weighted by Gasteiger charge is 2.62. The highest BCUT2D eigenvalue weighted by molar-refractivity contribution is 5.80. The molecule has 2 nitrogen and oxygen atoms in total. The Hall–Kier alpha value is -3.20. The van der Waals surface area contributed by atoms with Crippen LogP contribution in [0.3, 0.4) is 0 Å². The average molecular weight is 505 g/mol. The van der Waals surface area contributed by atoms with Gasteiger partial charge in [-0.25, -0.2) is 0 Å². The van der Waals surface area contributed by atoms with Crippen LogP contribution in [0.4, 0.5) is 0 Å². The second-order valence-electron chi connectivity index (χ2n) is 12.5. The molecule has 38 heavy (non-hydrogen) atoms. The van der Waals surface area contributed by atoms with E-state index in [9.17, 15) is 0 Å². The molecular formula is C36H40O2. The minimum Gasteiger partial charge on any atom is -0.365 e. The largest absolute Gasteiger partial charge is 0.365 e. The standard InChI is InChI=1S/C36H40O2/c1-33(2,3)29-21-13-15-23-31(29)35(37-7)27-19-11-9-17-25(27)26-18-10-12-20-28(26)36(35,38-8)32-24-16-14-22-30(32)34(4,5)6/h9-24H,1-8H3. The lowest BCUT2D eigenvalue weighted by Gasteiger charge is -2.55. The SMILES string of the molecule is COC1(c2ccccc2C(C)(C)C)c2ccccc2-c2ccccc2C1(OC)c1ccccc1C(C)(C)C. The molecular weight excluding hydrogens is 464 g/mol. The molecule has 2 atom stereocenters. The molecule has 4 aromatic rings. The molecule has 5 rings (SSSR count). The van der Waals surface area contributed by atoms with Gasteiger partial charge in [0.05, 0.1) is 0 Å². The van der Waals surface area contributed by atoms with Crippen LogP contribution in [-0.4, -0.2) is 14.2 Å². The monoisotopic (exact) mass is 504 g/mol. The minimum atomic E-state index is -0.960. The summed E-state index contributed by atoms with van der Waals surface area (Å²) in [5.74, 6) is 0. The molecule has 0 radical (unpaired) electrons. The fraction of sp³-hybridized carbons (Fsp3) is 0.333. The summed E-state index contributed by atoms with van der Waals surface area (Å²) in [5.41, 5.74) is 7.17. The first-order valence-electron chi connectivity index (χ1n) is 13.5.